The summed E-state index contributed by atoms with van der Waals surface area (Å²) in [6, 6.07) is 6.39. The number of amides is 1. The number of aryl methyl sites for hydroxylation is 1. The fourth-order valence-electron chi connectivity index (χ4n) is 2.56. The van der Waals surface area contributed by atoms with E-state index in [0.29, 0.717) is 16.9 Å². The quantitative estimate of drug-likeness (QED) is 0.334. The fraction of sp³-hybridized carbons (Fsp3) is 0.188. The van der Waals surface area contributed by atoms with Gasteiger partial charge in [-0.15, -0.1) is 0 Å². The summed E-state index contributed by atoms with van der Waals surface area (Å²) in [7, 11) is -3.95. The van der Waals surface area contributed by atoms with Gasteiger partial charge in [0.05, 0.1) is 15.5 Å². The van der Waals surface area contributed by atoms with Gasteiger partial charge in [-0.3, -0.25) is 14.9 Å². The normalized spacial score (nSPS) is 11.5. The summed E-state index contributed by atoms with van der Waals surface area (Å²) in [6.07, 6.45) is 3.21. The maximum absolute atomic E-state index is 12.4. The lowest BCUT2D eigenvalue weighted by atomic mass is 10.2. The van der Waals surface area contributed by atoms with Gasteiger partial charge in [-0.25, -0.2) is 22.6 Å². The molecule has 0 aliphatic heterocycles. The van der Waals surface area contributed by atoms with Crippen LogP contribution in [0.25, 0.3) is 5.65 Å². The molecule has 28 heavy (non-hydrogen) atoms. The Morgan fingerprint density at radius 3 is 2.82 bits per heavy atom. The molecule has 2 heterocycles. The van der Waals surface area contributed by atoms with Crippen LogP contribution < -0.4 is 10.0 Å². The zero-order valence-corrected chi connectivity index (χ0v) is 15.5. The Balaban J connectivity index is 1.62. The highest BCUT2D eigenvalue weighted by molar-refractivity contribution is 7.89. The van der Waals surface area contributed by atoms with E-state index in [0.717, 1.165) is 6.07 Å². The van der Waals surface area contributed by atoms with Gasteiger partial charge in [-0.2, -0.15) is 5.10 Å². The third-order valence-corrected chi connectivity index (χ3v) is 5.30. The van der Waals surface area contributed by atoms with Crippen LogP contribution in [-0.2, 0) is 10.0 Å². The van der Waals surface area contributed by atoms with E-state index in [1.165, 1.54) is 22.7 Å². The van der Waals surface area contributed by atoms with Crippen molar-refractivity contribution >= 4 is 27.3 Å². The van der Waals surface area contributed by atoms with Crippen molar-refractivity contribution in [3.8, 4) is 0 Å². The number of carbonyl (C=O) groups excluding carboxylic acids is 1. The van der Waals surface area contributed by atoms with Crippen LogP contribution in [0.2, 0.25) is 0 Å². The van der Waals surface area contributed by atoms with Crippen LogP contribution in [-0.4, -0.2) is 46.9 Å². The van der Waals surface area contributed by atoms with Gasteiger partial charge in [-0.05, 0) is 19.1 Å². The van der Waals surface area contributed by atoms with Crippen molar-refractivity contribution in [1.82, 2.24) is 24.6 Å². The Hall–Kier alpha value is -3.38. The Morgan fingerprint density at radius 1 is 1.29 bits per heavy atom. The second-order valence-electron chi connectivity index (χ2n) is 5.76. The number of nitrogens with zero attached hydrogens (tertiary/aromatic N) is 4. The number of nitrogens with one attached hydrogen (secondary N) is 2. The summed E-state index contributed by atoms with van der Waals surface area (Å²) in [4.78, 5) is 26.4. The molecule has 12 heteroatoms. The lowest BCUT2D eigenvalue weighted by Gasteiger charge is -2.08. The zero-order valence-electron chi connectivity index (χ0n) is 14.7. The molecule has 0 saturated heterocycles. The third-order valence-electron chi connectivity index (χ3n) is 3.84. The zero-order chi connectivity index (χ0) is 20.3. The van der Waals surface area contributed by atoms with Gasteiger partial charge in [0.25, 0.3) is 11.6 Å². The first-order valence-electron chi connectivity index (χ1n) is 8.12. The molecule has 11 nitrogen and oxygen atoms in total. The summed E-state index contributed by atoms with van der Waals surface area (Å²) in [5.74, 6) is -0.430. The Labute approximate surface area is 159 Å². The number of nitro groups is 1. The Morgan fingerprint density at radius 2 is 2.07 bits per heavy atom. The van der Waals surface area contributed by atoms with Gasteiger partial charge in [0.15, 0.2) is 5.65 Å². The minimum Gasteiger partial charge on any atom is -0.351 e. The Kier molecular flexibility index (Phi) is 5.33. The molecule has 1 amide bonds. The average Bonchev–Trinajstić information content (AvgIpc) is 3.01. The van der Waals surface area contributed by atoms with Crippen LogP contribution in [0, 0.1) is 17.0 Å². The van der Waals surface area contributed by atoms with E-state index in [9.17, 15) is 23.3 Å². The van der Waals surface area contributed by atoms with Crippen LogP contribution in [0.5, 0.6) is 0 Å². The molecule has 1 aromatic carbocycles. The molecule has 3 aromatic rings. The summed E-state index contributed by atoms with van der Waals surface area (Å²) < 4.78 is 28.3. The number of hydrogen-bond donors (Lipinski definition) is 2. The lowest BCUT2D eigenvalue weighted by molar-refractivity contribution is -0.385. The maximum atomic E-state index is 12.4. The standard InChI is InChI=1S/C16H16N6O5S/c1-11-14(15-17-6-3-9-21(15)20-11)16(23)18-7-8-19-28(26,27)13-5-2-4-12(10-13)22(24)25/h2-6,9-10,19H,7-8H2,1H3,(H,18,23). The maximum Gasteiger partial charge on any atom is 0.270 e. The molecule has 0 atom stereocenters. The number of fused-ring (bicyclic) bond motifs is 1. The van der Waals surface area contributed by atoms with Gasteiger partial charge >= 0.3 is 0 Å². The van der Waals surface area contributed by atoms with E-state index in [2.05, 4.69) is 20.1 Å². The summed E-state index contributed by atoms with van der Waals surface area (Å²) in [6.45, 7) is 1.59. The minimum absolute atomic E-state index is 0.0105. The lowest BCUT2D eigenvalue weighted by Crippen LogP contribution is -2.35. The topological polar surface area (TPSA) is 149 Å². The van der Waals surface area contributed by atoms with Gasteiger partial charge in [0, 0.05) is 37.6 Å². The van der Waals surface area contributed by atoms with E-state index >= 15 is 0 Å². The van der Waals surface area contributed by atoms with Gasteiger partial charge in [-0.1, -0.05) is 6.07 Å². The molecule has 146 valence electrons. The average molecular weight is 404 g/mol. The van der Waals surface area contributed by atoms with Crippen molar-refractivity contribution in [3.05, 3.63) is 64.1 Å². The molecule has 0 spiro atoms. The molecule has 0 aliphatic rings. The number of benzene rings is 1. The first-order chi connectivity index (χ1) is 13.3. The highest BCUT2D eigenvalue weighted by Crippen LogP contribution is 2.17. The molecule has 0 aliphatic carbocycles. The number of non-ortho nitro benzene ring substituents is 1. The fourth-order valence-corrected chi connectivity index (χ4v) is 3.63. The van der Waals surface area contributed by atoms with Crippen molar-refractivity contribution in [2.75, 3.05) is 13.1 Å². The first kappa shape index (κ1) is 19.4. The van der Waals surface area contributed by atoms with Crippen molar-refractivity contribution in [2.45, 2.75) is 11.8 Å². The van der Waals surface area contributed by atoms with Crippen molar-refractivity contribution in [1.29, 1.82) is 0 Å². The molecule has 0 fully saturated rings. The molecule has 2 aromatic heterocycles. The number of aromatic nitrogens is 3. The molecule has 0 unspecified atom stereocenters. The van der Waals surface area contributed by atoms with Gasteiger partial charge < -0.3 is 5.32 Å². The second kappa shape index (κ2) is 7.70. The van der Waals surface area contributed by atoms with Crippen LogP contribution in [0.3, 0.4) is 0 Å². The first-order valence-corrected chi connectivity index (χ1v) is 9.60. The van der Waals surface area contributed by atoms with Crippen LogP contribution in [0.4, 0.5) is 5.69 Å². The summed E-state index contributed by atoms with van der Waals surface area (Å²) >= 11 is 0. The van der Waals surface area contributed by atoms with Crippen molar-refractivity contribution in [2.24, 2.45) is 0 Å². The van der Waals surface area contributed by atoms with Crippen molar-refractivity contribution < 1.29 is 18.1 Å². The van der Waals surface area contributed by atoms with Gasteiger partial charge in [0.2, 0.25) is 10.0 Å². The smallest absolute Gasteiger partial charge is 0.270 e. The van der Waals surface area contributed by atoms with Crippen LogP contribution in [0.1, 0.15) is 16.1 Å². The SMILES string of the molecule is Cc1nn2cccnc2c1C(=O)NCCNS(=O)(=O)c1cccc([N+](=O)[O-])c1. The van der Waals surface area contributed by atoms with E-state index in [-0.39, 0.29) is 23.7 Å². The van der Waals surface area contributed by atoms with Crippen LogP contribution in [0.15, 0.2) is 47.6 Å². The van der Waals surface area contributed by atoms with Gasteiger partial charge in [0.1, 0.15) is 5.56 Å². The highest BCUT2D eigenvalue weighted by Gasteiger charge is 2.19. The number of carbonyl (C=O) groups is 1. The predicted molar refractivity (Wildman–Crippen MR) is 98.3 cm³/mol. The number of nitro benzene ring substituents is 1. The predicted octanol–water partition coefficient (Wildman–Crippen LogP) is 0.654. The van der Waals surface area contributed by atoms with E-state index < -0.39 is 20.9 Å². The molecular formula is C16H16N6O5S. The van der Waals surface area contributed by atoms with Crippen molar-refractivity contribution in [3.63, 3.8) is 0 Å². The second-order valence-corrected chi connectivity index (χ2v) is 7.52. The van der Waals surface area contributed by atoms with E-state index in [1.807, 2.05) is 0 Å². The number of hydrogen-bond acceptors (Lipinski definition) is 7. The number of sulfonamides is 1. The third kappa shape index (κ3) is 3.97. The molecule has 0 radical (unpaired) electrons. The van der Waals surface area contributed by atoms with E-state index in [1.54, 1.807) is 25.4 Å². The largest absolute Gasteiger partial charge is 0.351 e. The summed E-state index contributed by atoms with van der Waals surface area (Å²) in [5, 5.41) is 17.6. The molecule has 0 saturated carbocycles. The summed E-state index contributed by atoms with van der Waals surface area (Å²) in [5.41, 5.74) is 0.873. The minimum atomic E-state index is -3.95. The van der Waals surface area contributed by atoms with Crippen LogP contribution >= 0.6 is 0 Å². The molecule has 3 rings (SSSR count). The van der Waals surface area contributed by atoms with E-state index in [4.69, 9.17) is 0 Å². The number of rotatable bonds is 7. The molecule has 0 bridgehead atoms. The molecular weight excluding hydrogens is 388 g/mol. The monoisotopic (exact) mass is 404 g/mol. The Bertz CT molecular complexity index is 1160. The molecule has 2 N–H and O–H groups in total. The highest BCUT2D eigenvalue weighted by atomic mass is 32.2.